The van der Waals surface area contributed by atoms with E-state index < -0.39 is 11.9 Å². The standard InChI is InChI=1S/C31H33N3O5S/c32-27(31(36)39-24-3-1-2-4-24)15-20-6-11-25(12-7-20)38-26-13-8-21(9-14-26)18-33-19-22-5-10-23-17-29(30(35)34-37)40-28(23)16-22/h5-14,16-17,24,27,33,37H,1-4,15,18-19,32H2,(H,34,35). The Balaban J connectivity index is 1.07. The molecule has 208 valence electrons. The van der Waals surface area contributed by atoms with E-state index in [1.165, 1.54) is 11.3 Å². The van der Waals surface area contributed by atoms with E-state index in [0.29, 0.717) is 30.1 Å². The molecule has 8 nitrogen and oxygen atoms in total. The van der Waals surface area contributed by atoms with E-state index in [4.69, 9.17) is 20.4 Å². The van der Waals surface area contributed by atoms with Crippen molar-refractivity contribution in [2.75, 3.05) is 0 Å². The second kappa shape index (κ2) is 13.1. The topological polar surface area (TPSA) is 123 Å². The molecule has 0 bridgehead atoms. The lowest BCUT2D eigenvalue weighted by Gasteiger charge is -2.16. The minimum absolute atomic E-state index is 0.0251. The number of carbonyl (C=O) groups excluding carboxylic acids is 2. The molecule has 5 N–H and O–H groups in total. The van der Waals surface area contributed by atoms with Crippen molar-refractivity contribution >= 4 is 33.3 Å². The van der Waals surface area contributed by atoms with E-state index in [9.17, 15) is 9.59 Å². The van der Waals surface area contributed by atoms with Gasteiger partial charge >= 0.3 is 5.97 Å². The number of benzene rings is 3. The first-order valence-corrected chi connectivity index (χ1v) is 14.3. The van der Waals surface area contributed by atoms with Gasteiger partial charge in [-0.15, -0.1) is 11.3 Å². The molecule has 0 radical (unpaired) electrons. The van der Waals surface area contributed by atoms with Crippen molar-refractivity contribution in [3.05, 3.63) is 94.4 Å². The summed E-state index contributed by atoms with van der Waals surface area (Å²) in [6.07, 6.45) is 4.55. The largest absolute Gasteiger partial charge is 0.461 e. The van der Waals surface area contributed by atoms with Crippen LogP contribution in [-0.2, 0) is 29.0 Å². The monoisotopic (exact) mass is 559 g/mol. The van der Waals surface area contributed by atoms with Crippen molar-refractivity contribution in [3.63, 3.8) is 0 Å². The number of thiophene rings is 1. The van der Waals surface area contributed by atoms with Crippen LogP contribution in [0.4, 0.5) is 0 Å². The highest BCUT2D eigenvalue weighted by Crippen LogP contribution is 2.27. The van der Waals surface area contributed by atoms with Crippen LogP contribution in [0.15, 0.2) is 72.8 Å². The fourth-order valence-corrected chi connectivity index (χ4v) is 5.82. The van der Waals surface area contributed by atoms with Crippen LogP contribution in [0.2, 0.25) is 0 Å². The van der Waals surface area contributed by atoms with Crippen LogP contribution in [0.5, 0.6) is 11.5 Å². The molecule has 9 heteroatoms. The first-order valence-electron chi connectivity index (χ1n) is 13.5. The molecule has 1 unspecified atom stereocenters. The predicted octanol–water partition coefficient (Wildman–Crippen LogP) is 5.46. The highest BCUT2D eigenvalue weighted by molar-refractivity contribution is 7.20. The van der Waals surface area contributed by atoms with Gasteiger partial charge in [-0.05, 0) is 90.6 Å². The summed E-state index contributed by atoms with van der Waals surface area (Å²) in [7, 11) is 0. The van der Waals surface area contributed by atoms with Crippen molar-refractivity contribution in [3.8, 4) is 11.5 Å². The van der Waals surface area contributed by atoms with Crippen molar-refractivity contribution in [2.24, 2.45) is 5.73 Å². The second-order valence-corrected chi connectivity index (χ2v) is 11.2. The van der Waals surface area contributed by atoms with Crippen LogP contribution in [0.1, 0.15) is 52.0 Å². The molecule has 1 aliphatic rings. The average molecular weight is 560 g/mol. The number of rotatable bonds is 11. The number of hydrogen-bond donors (Lipinski definition) is 4. The number of esters is 1. The fraction of sp³-hybridized carbons (Fsp3) is 0.290. The Morgan fingerprint density at radius 3 is 2.20 bits per heavy atom. The van der Waals surface area contributed by atoms with Crippen molar-refractivity contribution in [1.82, 2.24) is 10.8 Å². The predicted molar refractivity (Wildman–Crippen MR) is 155 cm³/mol. The lowest BCUT2D eigenvalue weighted by molar-refractivity contribution is -0.150. The number of amides is 1. The van der Waals surface area contributed by atoms with Gasteiger partial charge in [-0.2, -0.15) is 0 Å². The molecular weight excluding hydrogens is 526 g/mol. The summed E-state index contributed by atoms with van der Waals surface area (Å²) in [5, 5.41) is 13.3. The first-order chi connectivity index (χ1) is 19.5. The Morgan fingerprint density at radius 2 is 1.52 bits per heavy atom. The van der Waals surface area contributed by atoms with Gasteiger partial charge in [0, 0.05) is 17.8 Å². The molecule has 4 aromatic rings. The van der Waals surface area contributed by atoms with E-state index in [0.717, 1.165) is 58.2 Å². The molecule has 1 fully saturated rings. The van der Waals surface area contributed by atoms with Crippen molar-refractivity contribution < 1.29 is 24.3 Å². The fourth-order valence-electron chi connectivity index (χ4n) is 4.80. The molecule has 1 aliphatic carbocycles. The Bertz CT molecular complexity index is 1450. The highest BCUT2D eigenvalue weighted by Gasteiger charge is 2.23. The molecular formula is C31H33N3O5S. The molecule has 5 rings (SSSR count). The van der Waals surface area contributed by atoms with E-state index >= 15 is 0 Å². The molecule has 0 aliphatic heterocycles. The van der Waals surface area contributed by atoms with E-state index in [-0.39, 0.29) is 12.1 Å². The van der Waals surface area contributed by atoms with Gasteiger partial charge in [0.25, 0.3) is 5.91 Å². The van der Waals surface area contributed by atoms with Gasteiger partial charge in [0.05, 0.1) is 4.88 Å². The number of hydrogen-bond acceptors (Lipinski definition) is 8. The molecule has 1 saturated carbocycles. The zero-order chi connectivity index (χ0) is 27.9. The van der Waals surface area contributed by atoms with E-state index in [1.54, 1.807) is 11.5 Å². The number of hydroxylamine groups is 1. The van der Waals surface area contributed by atoms with Gasteiger partial charge in [0.2, 0.25) is 0 Å². The minimum atomic E-state index is -0.667. The maximum absolute atomic E-state index is 12.3. The van der Waals surface area contributed by atoms with Gasteiger partial charge in [0.15, 0.2) is 0 Å². The van der Waals surface area contributed by atoms with Gasteiger partial charge in [-0.25, -0.2) is 5.48 Å². The molecule has 1 amide bonds. The van der Waals surface area contributed by atoms with Crippen LogP contribution in [0, 0.1) is 0 Å². The zero-order valence-electron chi connectivity index (χ0n) is 22.1. The molecule has 40 heavy (non-hydrogen) atoms. The summed E-state index contributed by atoms with van der Waals surface area (Å²) in [6.45, 7) is 1.38. The summed E-state index contributed by atoms with van der Waals surface area (Å²) in [6, 6.07) is 22.7. The lowest BCUT2D eigenvalue weighted by Crippen LogP contribution is -2.36. The van der Waals surface area contributed by atoms with Gasteiger partial charge in [-0.3, -0.25) is 14.8 Å². The Hall–Kier alpha value is -3.76. The number of ether oxygens (including phenoxy) is 2. The van der Waals surface area contributed by atoms with Gasteiger partial charge < -0.3 is 20.5 Å². The molecule has 3 aromatic carbocycles. The average Bonchev–Trinajstić information content (AvgIpc) is 3.64. The molecule has 1 heterocycles. The van der Waals surface area contributed by atoms with Crippen LogP contribution in [0.3, 0.4) is 0 Å². The highest BCUT2D eigenvalue weighted by atomic mass is 32.1. The molecule has 0 saturated heterocycles. The number of carbonyl (C=O) groups is 2. The smallest absolute Gasteiger partial charge is 0.323 e. The third-order valence-electron chi connectivity index (χ3n) is 6.99. The number of fused-ring (bicyclic) bond motifs is 1. The van der Waals surface area contributed by atoms with E-state index in [1.807, 2.05) is 60.7 Å². The summed E-state index contributed by atoms with van der Waals surface area (Å²) >= 11 is 1.35. The quantitative estimate of drug-likeness (QED) is 0.109. The Kier molecular flexibility index (Phi) is 9.08. The van der Waals surface area contributed by atoms with Gasteiger partial charge in [0.1, 0.15) is 23.6 Å². The number of nitrogens with one attached hydrogen (secondary N) is 2. The molecule has 0 spiro atoms. The zero-order valence-corrected chi connectivity index (χ0v) is 22.9. The van der Waals surface area contributed by atoms with Crippen molar-refractivity contribution in [1.29, 1.82) is 0 Å². The first kappa shape index (κ1) is 27.8. The third kappa shape index (κ3) is 7.25. The van der Waals surface area contributed by atoms with Crippen LogP contribution < -0.4 is 21.3 Å². The Morgan fingerprint density at radius 1 is 0.900 bits per heavy atom. The maximum Gasteiger partial charge on any atom is 0.323 e. The normalized spacial score (nSPS) is 14.2. The second-order valence-electron chi connectivity index (χ2n) is 10.1. The van der Waals surface area contributed by atoms with Crippen LogP contribution in [-0.4, -0.2) is 29.2 Å². The molecule has 1 aromatic heterocycles. The lowest BCUT2D eigenvalue weighted by atomic mass is 10.1. The summed E-state index contributed by atoms with van der Waals surface area (Å²) < 4.78 is 12.5. The van der Waals surface area contributed by atoms with Crippen LogP contribution in [0.25, 0.3) is 10.1 Å². The SMILES string of the molecule is NC(Cc1ccc(Oc2ccc(CNCc3ccc4cc(C(=O)NO)sc4c3)cc2)cc1)C(=O)OC1CCCC1. The van der Waals surface area contributed by atoms with Crippen molar-refractivity contribution in [2.45, 2.75) is 57.3 Å². The third-order valence-corrected chi connectivity index (χ3v) is 8.09. The van der Waals surface area contributed by atoms with E-state index in [2.05, 4.69) is 11.4 Å². The number of nitrogens with two attached hydrogens (primary N) is 1. The van der Waals surface area contributed by atoms with Crippen LogP contribution >= 0.6 is 11.3 Å². The maximum atomic E-state index is 12.3. The summed E-state index contributed by atoms with van der Waals surface area (Å²) in [4.78, 5) is 24.4. The summed E-state index contributed by atoms with van der Waals surface area (Å²) in [5.41, 5.74) is 11.0. The Labute approximate surface area is 237 Å². The summed E-state index contributed by atoms with van der Waals surface area (Å²) in [5.74, 6) is 0.622. The molecule has 1 atom stereocenters. The van der Waals surface area contributed by atoms with Gasteiger partial charge in [-0.1, -0.05) is 36.4 Å². The minimum Gasteiger partial charge on any atom is -0.461 e.